The number of benzene rings is 1. The number of aryl methyl sites for hydroxylation is 1. The van der Waals surface area contributed by atoms with Crippen LogP contribution >= 0.6 is 0 Å². The quantitative estimate of drug-likeness (QED) is 0.538. The Morgan fingerprint density at radius 3 is 2.87 bits per heavy atom. The number of fused-ring (bicyclic) bond motifs is 1. The third-order valence-electron chi connectivity index (χ3n) is 5.20. The maximum Gasteiger partial charge on any atom is 0.253 e. The number of nitrogens with one attached hydrogen (secondary N) is 2. The number of nitrogens with zero attached hydrogens (tertiary/aromatic N) is 5. The van der Waals surface area contributed by atoms with Crippen molar-refractivity contribution in [2.45, 2.75) is 52.1 Å². The first-order valence-electron chi connectivity index (χ1n) is 10.8. The van der Waals surface area contributed by atoms with E-state index in [9.17, 15) is 4.79 Å². The summed E-state index contributed by atoms with van der Waals surface area (Å²) in [6, 6.07) is 7.79. The van der Waals surface area contributed by atoms with Gasteiger partial charge in [-0.2, -0.15) is 0 Å². The Hall–Kier alpha value is -2.90. The molecule has 0 aliphatic carbocycles. The normalized spacial score (nSPS) is 14.0. The largest absolute Gasteiger partial charge is 0.357 e. The van der Waals surface area contributed by atoms with E-state index in [1.54, 1.807) is 19.0 Å². The van der Waals surface area contributed by atoms with Crippen LogP contribution in [0.5, 0.6) is 0 Å². The lowest BCUT2D eigenvalue weighted by molar-refractivity contribution is 0.0827. The Morgan fingerprint density at radius 1 is 1.20 bits per heavy atom. The summed E-state index contributed by atoms with van der Waals surface area (Å²) in [6.07, 6.45) is 5.42. The Kier molecular flexibility index (Phi) is 7.82. The molecule has 1 amide bonds. The first kappa shape index (κ1) is 21.8. The molecule has 1 aliphatic rings. The molecule has 1 aromatic carbocycles. The summed E-state index contributed by atoms with van der Waals surface area (Å²) < 4.78 is 2.23. The first-order valence-corrected chi connectivity index (χ1v) is 10.8. The second-order valence-corrected chi connectivity index (χ2v) is 7.77. The highest BCUT2D eigenvalue weighted by atomic mass is 16.2. The Balaban J connectivity index is 1.58. The summed E-state index contributed by atoms with van der Waals surface area (Å²) in [4.78, 5) is 18.5. The van der Waals surface area contributed by atoms with Gasteiger partial charge in [-0.25, -0.2) is 4.99 Å². The van der Waals surface area contributed by atoms with Gasteiger partial charge >= 0.3 is 0 Å². The number of aliphatic imine (C=N–C) groups is 1. The van der Waals surface area contributed by atoms with E-state index in [4.69, 9.17) is 4.99 Å². The third kappa shape index (κ3) is 5.81. The van der Waals surface area contributed by atoms with Crippen molar-refractivity contribution >= 4 is 11.9 Å². The van der Waals surface area contributed by atoms with Crippen LogP contribution in [0.2, 0.25) is 0 Å². The van der Waals surface area contributed by atoms with Crippen LogP contribution in [0.15, 0.2) is 29.3 Å². The SMILES string of the molecule is CCNC(=NCc1nnc2n1CCCCC2)NCCc1cccc(C(=O)N(C)C)c1. The number of aromatic nitrogens is 3. The fourth-order valence-electron chi connectivity index (χ4n) is 3.60. The number of hydrogen-bond donors (Lipinski definition) is 2. The molecule has 1 aromatic heterocycles. The highest BCUT2D eigenvalue weighted by Crippen LogP contribution is 2.14. The van der Waals surface area contributed by atoms with E-state index in [1.807, 2.05) is 24.3 Å². The molecule has 2 heterocycles. The molecule has 0 saturated heterocycles. The standard InChI is InChI=1S/C22H33N7O/c1-4-23-22(25-16-20-27-26-19-11-6-5-7-14-29(19)20)24-13-12-17-9-8-10-18(15-17)21(30)28(2)3/h8-10,15H,4-7,11-14,16H2,1-3H3,(H2,23,24,25). The fraction of sp³-hybridized carbons (Fsp3) is 0.545. The average molecular weight is 412 g/mol. The van der Waals surface area contributed by atoms with Crippen molar-refractivity contribution in [3.8, 4) is 0 Å². The molecule has 8 nitrogen and oxygen atoms in total. The molecule has 0 unspecified atom stereocenters. The zero-order chi connectivity index (χ0) is 21.3. The maximum absolute atomic E-state index is 12.2. The van der Waals surface area contributed by atoms with E-state index in [-0.39, 0.29) is 5.91 Å². The minimum Gasteiger partial charge on any atom is -0.357 e. The molecule has 0 bridgehead atoms. The van der Waals surface area contributed by atoms with E-state index in [0.717, 1.165) is 55.6 Å². The Labute approximate surface area is 178 Å². The Bertz CT molecular complexity index is 872. The molecular weight excluding hydrogens is 378 g/mol. The van der Waals surface area contributed by atoms with Crippen molar-refractivity contribution in [1.29, 1.82) is 0 Å². The van der Waals surface area contributed by atoms with Crippen molar-refractivity contribution in [3.63, 3.8) is 0 Å². The van der Waals surface area contributed by atoms with Gasteiger partial charge in [-0.05, 0) is 43.9 Å². The van der Waals surface area contributed by atoms with Gasteiger partial charge in [0.1, 0.15) is 12.4 Å². The minimum atomic E-state index is 0.0205. The molecule has 2 aromatic rings. The van der Waals surface area contributed by atoms with Crippen molar-refractivity contribution < 1.29 is 4.79 Å². The summed E-state index contributed by atoms with van der Waals surface area (Å²) in [5.41, 5.74) is 1.83. The number of hydrogen-bond acceptors (Lipinski definition) is 4. The number of guanidine groups is 1. The van der Waals surface area contributed by atoms with Gasteiger partial charge in [-0.1, -0.05) is 18.6 Å². The summed E-state index contributed by atoms with van der Waals surface area (Å²) >= 11 is 0. The number of carbonyl (C=O) groups excluding carboxylic acids is 1. The highest BCUT2D eigenvalue weighted by molar-refractivity contribution is 5.94. The van der Waals surface area contributed by atoms with Crippen molar-refractivity contribution in [2.75, 3.05) is 27.2 Å². The monoisotopic (exact) mass is 411 g/mol. The van der Waals surface area contributed by atoms with E-state index >= 15 is 0 Å². The zero-order valence-electron chi connectivity index (χ0n) is 18.3. The van der Waals surface area contributed by atoms with Gasteiger partial charge < -0.3 is 20.1 Å². The molecule has 0 fully saturated rings. The van der Waals surface area contributed by atoms with E-state index < -0.39 is 0 Å². The van der Waals surface area contributed by atoms with Gasteiger partial charge in [0, 0.05) is 45.7 Å². The van der Waals surface area contributed by atoms with E-state index in [2.05, 4.69) is 32.3 Å². The van der Waals surface area contributed by atoms with Crippen LogP contribution in [0.3, 0.4) is 0 Å². The lowest BCUT2D eigenvalue weighted by Gasteiger charge is -2.13. The van der Waals surface area contributed by atoms with Gasteiger partial charge in [0.15, 0.2) is 11.8 Å². The zero-order valence-corrected chi connectivity index (χ0v) is 18.3. The predicted molar refractivity (Wildman–Crippen MR) is 119 cm³/mol. The molecule has 3 rings (SSSR count). The van der Waals surface area contributed by atoms with Gasteiger partial charge in [0.2, 0.25) is 0 Å². The van der Waals surface area contributed by atoms with Gasteiger partial charge in [-0.3, -0.25) is 4.79 Å². The molecule has 0 saturated carbocycles. The molecule has 30 heavy (non-hydrogen) atoms. The smallest absolute Gasteiger partial charge is 0.253 e. The highest BCUT2D eigenvalue weighted by Gasteiger charge is 2.14. The second-order valence-electron chi connectivity index (χ2n) is 7.77. The molecule has 162 valence electrons. The third-order valence-corrected chi connectivity index (χ3v) is 5.20. The number of amides is 1. The van der Waals surface area contributed by atoms with Crippen LogP contribution in [-0.4, -0.2) is 58.7 Å². The fourth-order valence-corrected chi connectivity index (χ4v) is 3.60. The van der Waals surface area contributed by atoms with Crippen molar-refractivity contribution in [2.24, 2.45) is 4.99 Å². The van der Waals surface area contributed by atoms with Crippen LogP contribution in [0.1, 0.15) is 53.8 Å². The van der Waals surface area contributed by atoms with E-state index in [0.29, 0.717) is 12.1 Å². The lowest BCUT2D eigenvalue weighted by atomic mass is 10.1. The molecule has 0 atom stereocenters. The van der Waals surface area contributed by atoms with Crippen molar-refractivity contribution in [3.05, 3.63) is 47.0 Å². The van der Waals surface area contributed by atoms with Crippen molar-refractivity contribution in [1.82, 2.24) is 30.3 Å². The number of rotatable bonds is 7. The van der Waals surface area contributed by atoms with Crippen LogP contribution in [0, 0.1) is 0 Å². The topological polar surface area (TPSA) is 87.4 Å². The molecule has 0 radical (unpaired) electrons. The molecule has 2 N–H and O–H groups in total. The maximum atomic E-state index is 12.2. The Morgan fingerprint density at radius 2 is 2.07 bits per heavy atom. The van der Waals surface area contributed by atoms with Crippen LogP contribution in [0.25, 0.3) is 0 Å². The minimum absolute atomic E-state index is 0.0205. The van der Waals surface area contributed by atoms with E-state index in [1.165, 1.54) is 19.3 Å². The summed E-state index contributed by atoms with van der Waals surface area (Å²) in [5.74, 6) is 2.80. The second kappa shape index (κ2) is 10.8. The number of carbonyl (C=O) groups is 1. The van der Waals surface area contributed by atoms with Gasteiger partial charge in [0.05, 0.1) is 0 Å². The average Bonchev–Trinajstić information content (AvgIpc) is 2.97. The van der Waals surface area contributed by atoms with Crippen LogP contribution in [0.4, 0.5) is 0 Å². The summed E-state index contributed by atoms with van der Waals surface area (Å²) in [7, 11) is 3.54. The molecule has 0 spiro atoms. The molecular formula is C22H33N7O. The summed E-state index contributed by atoms with van der Waals surface area (Å²) in [5, 5.41) is 15.4. The molecule has 8 heteroatoms. The van der Waals surface area contributed by atoms with Crippen LogP contribution in [-0.2, 0) is 25.9 Å². The van der Waals surface area contributed by atoms with Gasteiger partial charge in [0.25, 0.3) is 5.91 Å². The first-order chi connectivity index (χ1) is 14.6. The lowest BCUT2D eigenvalue weighted by Crippen LogP contribution is -2.38. The van der Waals surface area contributed by atoms with Gasteiger partial charge in [-0.15, -0.1) is 10.2 Å². The van der Waals surface area contributed by atoms with Crippen LogP contribution < -0.4 is 10.6 Å². The predicted octanol–water partition coefficient (Wildman–Crippen LogP) is 2.00. The molecule has 1 aliphatic heterocycles. The summed E-state index contributed by atoms with van der Waals surface area (Å²) in [6.45, 7) is 5.06.